The SMILES string of the molecule is CC(=O)NCCN(c1ccccc1OC(=O)N1CCC(CO)CC1)c1ncnc2[nH]ccc12. The third-order valence-electron chi connectivity index (χ3n) is 5.78. The molecular formula is C23H28N6O4. The fourth-order valence-corrected chi connectivity index (χ4v) is 3.98. The lowest BCUT2D eigenvalue weighted by atomic mass is 9.98. The minimum Gasteiger partial charge on any atom is -0.408 e. The average molecular weight is 453 g/mol. The predicted molar refractivity (Wildman–Crippen MR) is 123 cm³/mol. The summed E-state index contributed by atoms with van der Waals surface area (Å²) in [7, 11) is 0. The highest BCUT2D eigenvalue weighted by molar-refractivity contribution is 5.90. The van der Waals surface area contributed by atoms with Gasteiger partial charge in [-0.3, -0.25) is 4.79 Å². The second-order valence-corrected chi connectivity index (χ2v) is 8.02. The zero-order chi connectivity index (χ0) is 23.2. The first-order valence-electron chi connectivity index (χ1n) is 11.0. The molecule has 0 spiro atoms. The van der Waals surface area contributed by atoms with Gasteiger partial charge in [-0.1, -0.05) is 12.1 Å². The lowest BCUT2D eigenvalue weighted by molar-refractivity contribution is -0.118. The molecule has 10 nitrogen and oxygen atoms in total. The zero-order valence-corrected chi connectivity index (χ0v) is 18.5. The van der Waals surface area contributed by atoms with Crippen molar-refractivity contribution in [2.45, 2.75) is 19.8 Å². The van der Waals surface area contributed by atoms with E-state index in [-0.39, 0.29) is 18.4 Å². The Labute approximate surface area is 191 Å². The van der Waals surface area contributed by atoms with Crippen molar-refractivity contribution >= 4 is 34.5 Å². The van der Waals surface area contributed by atoms with Gasteiger partial charge in [-0.25, -0.2) is 14.8 Å². The number of aliphatic hydroxyl groups excluding tert-OH is 1. The largest absolute Gasteiger partial charge is 0.415 e. The van der Waals surface area contributed by atoms with Crippen molar-refractivity contribution in [1.29, 1.82) is 0 Å². The molecule has 3 heterocycles. The van der Waals surface area contributed by atoms with Gasteiger partial charge in [0.15, 0.2) is 5.75 Å². The Morgan fingerprint density at radius 1 is 1.24 bits per heavy atom. The number of carbonyl (C=O) groups excluding carboxylic acids is 2. The number of aromatic amines is 1. The summed E-state index contributed by atoms with van der Waals surface area (Å²) in [6, 6.07) is 9.15. The van der Waals surface area contributed by atoms with Crippen LogP contribution in [-0.2, 0) is 4.79 Å². The number of H-pyrrole nitrogens is 1. The average Bonchev–Trinajstić information content (AvgIpc) is 3.32. The van der Waals surface area contributed by atoms with Crippen LogP contribution in [0.3, 0.4) is 0 Å². The van der Waals surface area contributed by atoms with Crippen molar-refractivity contribution < 1.29 is 19.4 Å². The van der Waals surface area contributed by atoms with Crippen LogP contribution >= 0.6 is 0 Å². The molecule has 1 fully saturated rings. The van der Waals surface area contributed by atoms with Crippen molar-refractivity contribution in [3.63, 3.8) is 0 Å². The molecule has 0 atom stereocenters. The van der Waals surface area contributed by atoms with Crippen molar-refractivity contribution in [3.8, 4) is 5.75 Å². The maximum atomic E-state index is 12.9. The third kappa shape index (κ3) is 5.23. The van der Waals surface area contributed by atoms with Crippen LogP contribution in [0.15, 0.2) is 42.9 Å². The molecule has 33 heavy (non-hydrogen) atoms. The van der Waals surface area contributed by atoms with E-state index >= 15 is 0 Å². The smallest absolute Gasteiger partial charge is 0.408 e. The summed E-state index contributed by atoms with van der Waals surface area (Å²) >= 11 is 0. The van der Waals surface area contributed by atoms with Crippen LogP contribution in [0, 0.1) is 5.92 Å². The van der Waals surface area contributed by atoms with Gasteiger partial charge in [0, 0.05) is 45.9 Å². The minimum absolute atomic E-state index is 0.129. The standard InChI is InChI=1S/C23H28N6O4/c1-16(31)24-10-13-29(22-18-6-9-25-21(18)26-15-27-22)19-4-2-3-5-20(19)33-23(32)28-11-7-17(14-30)8-12-28/h2-6,9,15,17,30H,7-8,10-14H2,1H3,(H,24,31)(H,25,26,27). The van der Waals surface area contributed by atoms with E-state index in [4.69, 9.17) is 4.74 Å². The zero-order valence-electron chi connectivity index (χ0n) is 18.5. The molecule has 3 aromatic rings. The van der Waals surface area contributed by atoms with Crippen molar-refractivity contribution in [3.05, 3.63) is 42.9 Å². The molecule has 10 heteroatoms. The summed E-state index contributed by atoms with van der Waals surface area (Å²) in [5.74, 6) is 1.14. The Kier molecular flexibility index (Phi) is 7.04. The molecule has 0 aliphatic carbocycles. The number of hydrogen-bond acceptors (Lipinski definition) is 7. The van der Waals surface area contributed by atoms with E-state index in [1.165, 1.54) is 13.3 Å². The number of ether oxygens (including phenoxy) is 1. The number of aromatic nitrogens is 3. The Morgan fingerprint density at radius 3 is 2.79 bits per heavy atom. The van der Waals surface area contributed by atoms with Crippen LogP contribution in [0.25, 0.3) is 11.0 Å². The fraction of sp³-hybridized carbons (Fsp3) is 0.391. The third-order valence-corrected chi connectivity index (χ3v) is 5.78. The normalized spacial score (nSPS) is 14.3. The van der Waals surface area contributed by atoms with E-state index < -0.39 is 6.09 Å². The number of fused-ring (bicyclic) bond motifs is 1. The molecule has 0 saturated carbocycles. The number of para-hydroxylation sites is 2. The van der Waals surface area contributed by atoms with Gasteiger partial charge in [0.2, 0.25) is 5.91 Å². The van der Waals surface area contributed by atoms with Crippen LogP contribution in [0.2, 0.25) is 0 Å². The summed E-state index contributed by atoms with van der Waals surface area (Å²) in [6.07, 6.45) is 4.34. The molecule has 4 rings (SSSR count). The maximum Gasteiger partial charge on any atom is 0.415 e. The molecule has 1 saturated heterocycles. The fourth-order valence-electron chi connectivity index (χ4n) is 3.98. The minimum atomic E-state index is -0.421. The highest BCUT2D eigenvalue weighted by Gasteiger charge is 2.26. The summed E-state index contributed by atoms with van der Waals surface area (Å²) in [6.45, 7) is 3.49. The topological polar surface area (TPSA) is 124 Å². The number of benzene rings is 1. The van der Waals surface area contributed by atoms with Crippen molar-refractivity contribution in [1.82, 2.24) is 25.2 Å². The monoisotopic (exact) mass is 452 g/mol. The molecular weight excluding hydrogens is 424 g/mol. The van der Waals surface area contributed by atoms with E-state index in [1.807, 2.05) is 29.2 Å². The second kappa shape index (κ2) is 10.3. The van der Waals surface area contributed by atoms with Gasteiger partial charge in [0.1, 0.15) is 17.8 Å². The molecule has 0 unspecified atom stereocenters. The molecule has 2 aromatic heterocycles. The highest BCUT2D eigenvalue weighted by Crippen LogP contribution is 2.35. The van der Waals surface area contributed by atoms with Crippen LogP contribution in [-0.4, -0.2) is 69.7 Å². The lowest BCUT2D eigenvalue weighted by Gasteiger charge is -2.31. The first-order chi connectivity index (χ1) is 16.1. The molecule has 1 aliphatic rings. The lowest BCUT2D eigenvalue weighted by Crippen LogP contribution is -2.41. The molecule has 0 bridgehead atoms. The number of nitrogens with one attached hydrogen (secondary N) is 2. The van der Waals surface area contributed by atoms with Gasteiger partial charge in [-0.05, 0) is 37.0 Å². The summed E-state index contributed by atoms with van der Waals surface area (Å²) in [5.41, 5.74) is 1.34. The van der Waals surface area contributed by atoms with Crippen LogP contribution in [0.4, 0.5) is 16.3 Å². The number of amides is 2. The van der Waals surface area contributed by atoms with Crippen molar-refractivity contribution in [2.24, 2.45) is 5.92 Å². The number of carbonyl (C=O) groups is 2. The Balaban J connectivity index is 1.62. The van der Waals surface area contributed by atoms with Gasteiger partial charge in [-0.2, -0.15) is 0 Å². The van der Waals surface area contributed by atoms with Crippen LogP contribution in [0.5, 0.6) is 5.75 Å². The Bertz CT molecular complexity index is 1110. The summed E-state index contributed by atoms with van der Waals surface area (Å²) < 4.78 is 5.82. The molecule has 174 valence electrons. The predicted octanol–water partition coefficient (Wildman–Crippen LogP) is 2.44. The first kappa shape index (κ1) is 22.5. The number of nitrogens with zero attached hydrogens (tertiary/aromatic N) is 4. The molecule has 0 radical (unpaired) electrons. The van der Waals surface area contributed by atoms with Gasteiger partial charge in [0.05, 0.1) is 11.1 Å². The Hall–Kier alpha value is -3.66. The van der Waals surface area contributed by atoms with E-state index in [2.05, 4.69) is 20.3 Å². The quantitative estimate of drug-likeness (QED) is 0.503. The molecule has 1 aliphatic heterocycles. The first-order valence-corrected chi connectivity index (χ1v) is 11.0. The van der Waals surface area contributed by atoms with E-state index in [0.29, 0.717) is 49.1 Å². The van der Waals surface area contributed by atoms with Gasteiger partial charge >= 0.3 is 6.09 Å². The summed E-state index contributed by atoms with van der Waals surface area (Å²) in [5, 5.41) is 13.0. The van der Waals surface area contributed by atoms with Crippen LogP contribution in [0.1, 0.15) is 19.8 Å². The molecule has 2 amide bonds. The van der Waals surface area contributed by atoms with E-state index in [9.17, 15) is 14.7 Å². The number of hydrogen-bond donors (Lipinski definition) is 3. The number of aliphatic hydroxyl groups is 1. The van der Waals surface area contributed by atoms with Gasteiger partial charge < -0.3 is 29.9 Å². The van der Waals surface area contributed by atoms with Crippen LogP contribution < -0.4 is 15.0 Å². The number of anilines is 2. The molecule has 1 aromatic carbocycles. The second-order valence-electron chi connectivity index (χ2n) is 8.02. The van der Waals surface area contributed by atoms with Crippen molar-refractivity contribution in [2.75, 3.05) is 37.7 Å². The van der Waals surface area contributed by atoms with Gasteiger partial charge in [0.25, 0.3) is 0 Å². The number of likely N-dealkylation sites (tertiary alicyclic amines) is 1. The Morgan fingerprint density at radius 2 is 2.03 bits per heavy atom. The molecule has 3 N–H and O–H groups in total. The highest BCUT2D eigenvalue weighted by atomic mass is 16.6. The van der Waals surface area contributed by atoms with E-state index in [1.54, 1.807) is 17.2 Å². The van der Waals surface area contributed by atoms with E-state index in [0.717, 1.165) is 18.2 Å². The number of rotatable bonds is 7. The maximum absolute atomic E-state index is 12.9. The number of piperidine rings is 1. The summed E-state index contributed by atoms with van der Waals surface area (Å²) in [4.78, 5) is 39.7. The van der Waals surface area contributed by atoms with Gasteiger partial charge in [-0.15, -0.1) is 0 Å².